The van der Waals surface area contributed by atoms with Gasteiger partial charge in [0.05, 0.1) is 0 Å². The Labute approximate surface area is 120 Å². The van der Waals surface area contributed by atoms with E-state index in [9.17, 15) is 9.18 Å². The van der Waals surface area contributed by atoms with E-state index in [1.807, 2.05) is 0 Å². The van der Waals surface area contributed by atoms with Crippen LogP contribution in [0.25, 0.3) is 0 Å². The molecule has 1 N–H and O–H groups in total. The van der Waals surface area contributed by atoms with Crippen LogP contribution in [0.2, 0.25) is 0 Å². The van der Waals surface area contributed by atoms with Crippen LogP contribution >= 0.6 is 0 Å². The fourth-order valence-electron chi connectivity index (χ4n) is 2.99. The molecular weight excluding hydrogens is 255 g/mol. The van der Waals surface area contributed by atoms with Crippen LogP contribution < -0.4 is 5.32 Å². The van der Waals surface area contributed by atoms with Gasteiger partial charge in [0.2, 0.25) is 5.91 Å². The number of carbonyl (C=O) groups is 1. The number of nitrogens with one attached hydrogen (secondary N) is 1. The molecular formula is C16H23FN2O. The highest BCUT2D eigenvalue weighted by Crippen LogP contribution is 2.20. The molecule has 1 saturated heterocycles. The predicted octanol–water partition coefficient (Wildman–Crippen LogP) is 3.13. The molecule has 1 fully saturated rings. The molecule has 0 saturated carbocycles. The van der Waals surface area contributed by atoms with Gasteiger partial charge >= 0.3 is 0 Å². The summed E-state index contributed by atoms with van der Waals surface area (Å²) in [5.74, 6) is 1.11. The molecule has 1 amide bonds. The Kier molecular flexibility index (Phi) is 5.12. The largest absolute Gasteiger partial charge is 0.326 e. The summed E-state index contributed by atoms with van der Waals surface area (Å²) < 4.78 is 12.8. The maximum atomic E-state index is 12.8. The summed E-state index contributed by atoms with van der Waals surface area (Å²) in [6.45, 7) is 7.48. The minimum atomic E-state index is -0.292. The van der Waals surface area contributed by atoms with Gasteiger partial charge in [0.25, 0.3) is 0 Å². The highest BCUT2D eigenvalue weighted by molar-refractivity contribution is 5.90. The van der Waals surface area contributed by atoms with Gasteiger partial charge in [-0.3, -0.25) is 4.79 Å². The topological polar surface area (TPSA) is 32.3 Å². The van der Waals surface area contributed by atoms with Crippen molar-refractivity contribution in [1.29, 1.82) is 0 Å². The molecule has 0 aliphatic carbocycles. The van der Waals surface area contributed by atoms with Gasteiger partial charge in [0.15, 0.2) is 0 Å². The molecule has 1 aromatic rings. The second kappa shape index (κ2) is 6.84. The van der Waals surface area contributed by atoms with Crippen molar-refractivity contribution in [2.45, 2.75) is 26.7 Å². The quantitative estimate of drug-likeness (QED) is 0.917. The number of carbonyl (C=O) groups excluding carboxylic acids is 1. The standard InChI is InChI=1S/C16H23FN2O/c1-12-9-13(2)11-19(10-12)8-7-16(20)18-15-5-3-14(17)4-6-15/h3-6,12-13H,7-11H2,1-2H3,(H,18,20)/t12-,13+. The first-order chi connectivity index (χ1) is 9.52. The molecule has 1 aliphatic rings. The van der Waals surface area contributed by atoms with Gasteiger partial charge in [-0.25, -0.2) is 4.39 Å². The molecule has 3 nitrogen and oxygen atoms in total. The fourth-order valence-corrected chi connectivity index (χ4v) is 2.99. The third-order valence-corrected chi connectivity index (χ3v) is 3.73. The van der Waals surface area contributed by atoms with Crippen molar-refractivity contribution in [2.75, 3.05) is 25.0 Å². The molecule has 20 heavy (non-hydrogen) atoms. The SMILES string of the molecule is C[C@@H]1C[C@H](C)CN(CCC(=O)Nc2ccc(F)cc2)C1. The van der Waals surface area contributed by atoms with Gasteiger partial charge in [-0.05, 0) is 42.5 Å². The maximum Gasteiger partial charge on any atom is 0.225 e. The van der Waals surface area contributed by atoms with E-state index in [4.69, 9.17) is 0 Å². The normalized spacial score (nSPS) is 23.6. The molecule has 1 heterocycles. The maximum absolute atomic E-state index is 12.8. The van der Waals surface area contributed by atoms with Crippen molar-refractivity contribution in [3.05, 3.63) is 30.1 Å². The minimum Gasteiger partial charge on any atom is -0.326 e. The number of likely N-dealkylation sites (tertiary alicyclic amines) is 1. The Morgan fingerprint density at radius 1 is 1.25 bits per heavy atom. The average Bonchev–Trinajstić information content (AvgIpc) is 2.38. The van der Waals surface area contributed by atoms with E-state index in [-0.39, 0.29) is 11.7 Å². The number of nitrogens with zero attached hydrogens (tertiary/aromatic N) is 1. The minimum absolute atomic E-state index is 0.0116. The Hall–Kier alpha value is -1.42. The number of rotatable bonds is 4. The molecule has 0 aromatic heterocycles. The van der Waals surface area contributed by atoms with Crippen molar-refractivity contribution in [2.24, 2.45) is 11.8 Å². The number of benzene rings is 1. The fraction of sp³-hybridized carbons (Fsp3) is 0.562. The number of piperidine rings is 1. The van der Waals surface area contributed by atoms with E-state index in [0.29, 0.717) is 23.9 Å². The summed E-state index contributed by atoms with van der Waals surface area (Å²) in [7, 11) is 0. The zero-order valence-electron chi connectivity index (χ0n) is 12.2. The zero-order valence-corrected chi connectivity index (χ0v) is 12.2. The summed E-state index contributed by atoms with van der Waals surface area (Å²) in [5.41, 5.74) is 0.650. The third kappa shape index (κ3) is 4.60. The van der Waals surface area contributed by atoms with E-state index in [0.717, 1.165) is 19.6 Å². The molecule has 110 valence electrons. The van der Waals surface area contributed by atoms with E-state index < -0.39 is 0 Å². The third-order valence-electron chi connectivity index (χ3n) is 3.73. The number of halogens is 1. The van der Waals surface area contributed by atoms with Crippen molar-refractivity contribution >= 4 is 11.6 Å². The van der Waals surface area contributed by atoms with Crippen LogP contribution in [0.15, 0.2) is 24.3 Å². The van der Waals surface area contributed by atoms with E-state index >= 15 is 0 Å². The van der Waals surface area contributed by atoms with Crippen molar-refractivity contribution < 1.29 is 9.18 Å². The Morgan fingerprint density at radius 3 is 2.45 bits per heavy atom. The first-order valence-corrected chi connectivity index (χ1v) is 7.30. The summed E-state index contributed by atoms with van der Waals surface area (Å²) in [6, 6.07) is 5.86. The number of amides is 1. The van der Waals surface area contributed by atoms with Crippen molar-refractivity contribution in [3.63, 3.8) is 0 Å². The lowest BCUT2D eigenvalue weighted by atomic mass is 9.92. The Balaban J connectivity index is 1.76. The average molecular weight is 278 g/mol. The predicted molar refractivity (Wildman–Crippen MR) is 79.0 cm³/mol. The van der Waals surface area contributed by atoms with Crippen molar-refractivity contribution in [3.8, 4) is 0 Å². The van der Waals surface area contributed by atoms with Crippen LogP contribution in [0.1, 0.15) is 26.7 Å². The van der Waals surface area contributed by atoms with Crippen LogP contribution in [-0.4, -0.2) is 30.4 Å². The first-order valence-electron chi connectivity index (χ1n) is 7.30. The summed E-state index contributed by atoms with van der Waals surface area (Å²) >= 11 is 0. The molecule has 2 rings (SSSR count). The second-order valence-electron chi connectivity index (χ2n) is 6.01. The van der Waals surface area contributed by atoms with E-state index in [2.05, 4.69) is 24.1 Å². The molecule has 0 unspecified atom stereocenters. The van der Waals surface area contributed by atoms with Gasteiger partial charge in [-0.2, -0.15) is 0 Å². The molecule has 2 atom stereocenters. The van der Waals surface area contributed by atoms with Crippen LogP contribution in [-0.2, 0) is 4.79 Å². The van der Waals surface area contributed by atoms with Crippen LogP contribution in [0.3, 0.4) is 0 Å². The molecule has 4 heteroatoms. The Morgan fingerprint density at radius 2 is 1.85 bits per heavy atom. The van der Waals surface area contributed by atoms with E-state index in [1.165, 1.54) is 18.6 Å². The van der Waals surface area contributed by atoms with Crippen LogP contribution in [0, 0.1) is 17.7 Å². The van der Waals surface area contributed by atoms with E-state index in [1.54, 1.807) is 12.1 Å². The zero-order chi connectivity index (χ0) is 14.5. The molecule has 1 aromatic carbocycles. The highest BCUT2D eigenvalue weighted by atomic mass is 19.1. The molecule has 0 bridgehead atoms. The smallest absolute Gasteiger partial charge is 0.225 e. The lowest BCUT2D eigenvalue weighted by Crippen LogP contribution is -2.40. The first kappa shape index (κ1) is 15.0. The summed E-state index contributed by atoms with van der Waals surface area (Å²) in [4.78, 5) is 14.2. The van der Waals surface area contributed by atoms with Crippen LogP contribution in [0.5, 0.6) is 0 Å². The Bertz CT molecular complexity index is 436. The van der Waals surface area contributed by atoms with Gasteiger partial charge in [-0.15, -0.1) is 0 Å². The molecule has 0 radical (unpaired) electrons. The van der Waals surface area contributed by atoms with Gasteiger partial charge in [0.1, 0.15) is 5.82 Å². The van der Waals surface area contributed by atoms with Crippen LogP contribution in [0.4, 0.5) is 10.1 Å². The molecule has 0 spiro atoms. The lowest BCUT2D eigenvalue weighted by molar-refractivity contribution is -0.116. The van der Waals surface area contributed by atoms with Gasteiger partial charge in [0, 0.05) is 31.7 Å². The summed E-state index contributed by atoms with van der Waals surface area (Å²) in [6.07, 6.45) is 1.76. The number of hydrogen-bond acceptors (Lipinski definition) is 2. The van der Waals surface area contributed by atoms with Gasteiger partial charge < -0.3 is 10.2 Å². The second-order valence-corrected chi connectivity index (χ2v) is 6.01. The number of anilines is 1. The number of hydrogen-bond donors (Lipinski definition) is 1. The highest BCUT2D eigenvalue weighted by Gasteiger charge is 2.21. The monoisotopic (exact) mass is 278 g/mol. The van der Waals surface area contributed by atoms with Gasteiger partial charge in [-0.1, -0.05) is 13.8 Å². The lowest BCUT2D eigenvalue weighted by Gasteiger charge is -2.34. The molecule has 1 aliphatic heterocycles. The van der Waals surface area contributed by atoms with Crippen molar-refractivity contribution in [1.82, 2.24) is 4.90 Å². The summed E-state index contributed by atoms with van der Waals surface area (Å²) in [5, 5.41) is 2.80.